The Morgan fingerprint density at radius 2 is 1.85 bits per heavy atom. The zero-order chi connectivity index (χ0) is 19.3. The van der Waals surface area contributed by atoms with Crippen molar-refractivity contribution in [2.75, 3.05) is 30.8 Å². The van der Waals surface area contributed by atoms with Gasteiger partial charge in [-0.05, 0) is 24.3 Å². The highest BCUT2D eigenvalue weighted by atomic mass is 32.2. The van der Waals surface area contributed by atoms with Crippen molar-refractivity contribution in [3.05, 3.63) is 59.7 Å². The Labute approximate surface area is 150 Å². The van der Waals surface area contributed by atoms with Crippen LogP contribution in [0.4, 0.5) is 14.5 Å². The summed E-state index contributed by atoms with van der Waals surface area (Å²) < 4.78 is 56.4. The van der Waals surface area contributed by atoms with E-state index in [4.69, 9.17) is 4.74 Å². The molecular formula is C17H18F2N2O4S. The fourth-order valence-corrected chi connectivity index (χ4v) is 3.24. The van der Waals surface area contributed by atoms with E-state index in [1.54, 1.807) is 24.3 Å². The molecule has 0 fully saturated rings. The first-order chi connectivity index (χ1) is 12.2. The number of hydrogen-bond acceptors (Lipinski definition) is 4. The number of nitrogens with zero attached hydrogens (tertiary/aromatic N) is 1. The van der Waals surface area contributed by atoms with Crippen LogP contribution in [0.15, 0.2) is 42.5 Å². The van der Waals surface area contributed by atoms with Gasteiger partial charge in [-0.25, -0.2) is 17.2 Å². The van der Waals surface area contributed by atoms with Crippen LogP contribution in [-0.4, -0.2) is 40.8 Å². The third kappa shape index (κ3) is 4.69. The number of halogens is 2. The molecule has 0 aliphatic heterocycles. The SMILES string of the molecule is COc1ccccc1C(=O)NCCN(c1ccc(F)c(F)c1)S(C)(=O)=O. The van der Waals surface area contributed by atoms with Crippen LogP contribution >= 0.6 is 0 Å². The first-order valence-electron chi connectivity index (χ1n) is 7.58. The quantitative estimate of drug-likeness (QED) is 0.794. The van der Waals surface area contributed by atoms with Gasteiger partial charge in [0.2, 0.25) is 10.0 Å². The zero-order valence-electron chi connectivity index (χ0n) is 14.2. The van der Waals surface area contributed by atoms with Crippen molar-refractivity contribution in [2.45, 2.75) is 0 Å². The summed E-state index contributed by atoms with van der Waals surface area (Å²) in [6.07, 6.45) is 0.941. The molecule has 0 aliphatic rings. The van der Waals surface area contributed by atoms with Gasteiger partial charge in [-0.3, -0.25) is 9.10 Å². The Balaban J connectivity index is 2.11. The number of methoxy groups -OCH3 is 1. The highest BCUT2D eigenvalue weighted by Gasteiger charge is 2.19. The second kappa shape index (κ2) is 8.13. The van der Waals surface area contributed by atoms with Gasteiger partial charge in [-0.15, -0.1) is 0 Å². The summed E-state index contributed by atoms with van der Waals surface area (Å²) in [6, 6.07) is 9.36. The van der Waals surface area contributed by atoms with Crippen LogP contribution in [0.5, 0.6) is 5.75 Å². The Bertz CT molecular complexity index is 903. The number of carbonyl (C=O) groups is 1. The molecule has 2 rings (SSSR count). The van der Waals surface area contributed by atoms with E-state index in [-0.39, 0.29) is 18.8 Å². The maximum atomic E-state index is 13.4. The van der Waals surface area contributed by atoms with Crippen LogP contribution in [-0.2, 0) is 10.0 Å². The molecule has 0 bridgehead atoms. The molecule has 6 nitrogen and oxygen atoms in total. The van der Waals surface area contributed by atoms with Gasteiger partial charge >= 0.3 is 0 Å². The number of hydrogen-bond donors (Lipinski definition) is 1. The van der Waals surface area contributed by atoms with Crippen molar-refractivity contribution in [3.8, 4) is 5.75 Å². The normalized spacial score (nSPS) is 11.1. The topological polar surface area (TPSA) is 75.7 Å². The van der Waals surface area contributed by atoms with Crippen molar-refractivity contribution in [1.82, 2.24) is 5.32 Å². The van der Waals surface area contributed by atoms with Gasteiger partial charge < -0.3 is 10.1 Å². The van der Waals surface area contributed by atoms with Gasteiger partial charge in [0, 0.05) is 12.6 Å². The van der Waals surface area contributed by atoms with Gasteiger partial charge in [0.05, 0.1) is 31.2 Å². The second-order valence-electron chi connectivity index (χ2n) is 5.39. The van der Waals surface area contributed by atoms with E-state index >= 15 is 0 Å². The number of benzene rings is 2. The summed E-state index contributed by atoms with van der Waals surface area (Å²) in [7, 11) is -2.32. The van der Waals surface area contributed by atoms with Crippen LogP contribution < -0.4 is 14.4 Å². The first kappa shape index (κ1) is 19.6. The molecule has 0 radical (unpaired) electrons. The number of sulfonamides is 1. The summed E-state index contributed by atoms with van der Waals surface area (Å²) >= 11 is 0. The molecule has 0 saturated heterocycles. The summed E-state index contributed by atoms with van der Waals surface area (Å²) in [5.41, 5.74) is 0.270. The molecule has 0 aromatic heterocycles. The zero-order valence-corrected chi connectivity index (χ0v) is 15.0. The standard InChI is InChI=1S/C17H18F2N2O4S/c1-25-16-6-4-3-5-13(16)17(22)20-9-10-21(26(2,23)24)12-7-8-14(18)15(19)11-12/h3-8,11H,9-10H2,1-2H3,(H,20,22). The number of ether oxygens (including phenoxy) is 1. The number of para-hydroxylation sites is 1. The monoisotopic (exact) mass is 384 g/mol. The minimum absolute atomic E-state index is 0.0297. The highest BCUT2D eigenvalue weighted by Crippen LogP contribution is 2.20. The lowest BCUT2D eigenvalue weighted by atomic mass is 10.2. The van der Waals surface area contributed by atoms with E-state index in [1.807, 2.05) is 0 Å². The molecule has 9 heteroatoms. The van der Waals surface area contributed by atoms with Gasteiger partial charge in [0.15, 0.2) is 11.6 Å². The Morgan fingerprint density at radius 3 is 2.46 bits per heavy atom. The van der Waals surface area contributed by atoms with E-state index in [2.05, 4.69) is 5.32 Å². The number of rotatable bonds is 7. The van der Waals surface area contributed by atoms with Crippen LogP contribution in [0.3, 0.4) is 0 Å². The van der Waals surface area contributed by atoms with E-state index in [0.29, 0.717) is 11.3 Å². The third-order valence-electron chi connectivity index (χ3n) is 3.54. The smallest absolute Gasteiger partial charge is 0.255 e. The summed E-state index contributed by atoms with van der Waals surface area (Å²) in [5.74, 6) is -2.30. The lowest BCUT2D eigenvalue weighted by Gasteiger charge is -2.22. The molecule has 0 heterocycles. The number of anilines is 1. The van der Waals surface area contributed by atoms with Crippen LogP contribution in [0.1, 0.15) is 10.4 Å². The Kier molecular flexibility index (Phi) is 6.14. The number of nitrogens with one attached hydrogen (secondary N) is 1. The number of carbonyl (C=O) groups excluding carboxylic acids is 1. The van der Waals surface area contributed by atoms with Gasteiger partial charge in [0.25, 0.3) is 5.91 Å². The predicted octanol–water partition coefficient (Wildman–Crippen LogP) is 2.17. The van der Waals surface area contributed by atoms with E-state index < -0.39 is 27.6 Å². The van der Waals surface area contributed by atoms with E-state index in [1.165, 1.54) is 7.11 Å². The molecule has 26 heavy (non-hydrogen) atoms. The maximum absolute atomic E-state index is 13.4. The molecule has 2 aromatic carbocycles. The number of amides is 1. The molecule has 0 aliphatic carbocycles. The van der Waals surface area contributed by atoms with Gasteiger partial charge in [-0.2, -0.15) is 0 Å². The van der Waals surface area contributed by atoms with Gasteiger partial charge in [0.1, 0.15) is 5.75 Å². The summed E-state index contributed by atoms with van der Waals surface area (Å²) in [5, 5.41) is 2.58. The van der Waals surface area contributed by atoms with Crippen LogP contribution in [0.2, 0.25) is 0 Å². The van der Waals surface area contributed by atoms with Crippen molar-refractivity contribution in [1.29, 1.82) is 0 Å². The minimum Gasteiger partial charge on any atom is -0.496 e. The largest absolute Gasteiger partial charge is 0.496 e. The fourth-order valence-electron chi connectivity index (χ4n) is 2.33. The molecule has 0 atom stereocenters. The van der Waals surface area contributed by atoms with Crippen LogP contribution in [0.25, 0.3) is 0 Å². The predicted molar refractivity (Wildman–Crippen MR) is 93.9 cm³/mol. The molecule has 2 aromatic rings. The summed E-state index contributed by atoms with van der Waals surface area (Å²) in [6.45, 7) is -0.187. The lowest BCUT2D eigenvalue weighted by molar-refractivity contribution is 0.0952. The molecule has 1 N–H and O–H groups in total. The molecular weight excluding hydrogens is 366 g/mol. The average molecular weight is 384 g/mol. The molecule has 1 amide bonds. The van der Waals surface area contributed by atoms with E-state index in [0.717, 1.165) is 28.8 Å². The highest BCUT2D eigenvalue weighted by molar-refractivity contribution is 7.92. The van der Waals surface area contributed by atoms with Crippen molar-refractivity contribution >= 4 is 21.6 Å². The summed E-state index contributed by atoms with van der Waals surface area (Å²) in [4.78, 5) is 12.2. The van der Waals surface area contributed by atoms with Crippen molar-refractivity contribution in [2.24, 2.45) is 0 Å². The molecule has 0 saturated carbocycles. The minimum atomic E-state index is -3.75. The van der Waals surface area contributed by atoms with Crippen molar-refractivity contribution < 1.29 is 26.7 Å². The Hall–Kier alpha value is -2.68. The van der Waals surface area contributed by atoms with Crippen LogP contribution in [0, 0.1) is 11.6 Å². The van der Waals surface area contributed by atoms with Crippen molar-refractivity contribution in [3.63, 3.8) is 0 Å². The third-order valence-corrected chi connectivity index (χ3v) is 4.74. The fraction of sp³-hybridized carbons (Fsp3) is 0.235. The first-order valence-corrected chi connectivity index (χ1v) is 9.43. The molecule has 140 valence electrons. The maximum Gasteiger partial charge on any atom is 0.255 e. The molecule has 0 unspecified atom stereocenters. The van der Waals surface area contributed by atoms with E-state index in [9.17, 15) is 22.0 Å². The van der Waals surface area contributed by atoms with Gasteiger partial charge in [-0.1, -0.05) is 12.1 Å². The lowest BCUT2D eigenvalue weighted by Crippen LogP contribution is -2.38. The average Bonchev–Trinajstić information content (AvgIpc) is 2.60. The Morgan fingerprint density at radius 1 is 1.15 bits per heavy atom. The molecule has 0 spiro atoms. The second-order valence-corrected chi connectivity index (χ2v) is 7.30.